The van der Waals surface area contributed by atoms with Gasteiger partial charge in [-0.25, -0.2) is 0 Å². The minimum Gasteiger partial charge on any atom is -0.486 e. The highest BCUT2D eigenvalue weighted by atomic mass is 35.5. The Hall–Kier alpha value is -2.73. The van der Waals surface area contributed by atoms with Crippen molar-refractivity contribution >= 4 is 23.4 Å². The lowest BCUT2D eigenvalue weighted by Crippen LogP contribution is -2.43. The third-order valence-corrected chi connectivity index (χ3v) is 5.59. The summed E-state index contributed by atoms with van der Waals surface area (Å²) in [4.78, 5) is 27.2. The molecule has 1 atom stereocenters. The molecule has 2 aromatic carbocycles. The van der Waals surface area contributed by atoms with Crippen molar-refractivity contribution in [1.29, 1.82) is 0 Å². The first-order valence-corrected chi connectivity index (χ1v) is 10.2. The average Bonchev–Trinajstić information content (AvgIpc) is 2.77. The van der Waals surface area contributed by atoms with Crippen LogP contribution < -0.4 is 14.8 Å². The van der Waals surface area contributed by atoms with Crippen LogP contribution in [-0.2, 0) is 0 Å². The fourth-order valence-corrected chi connectivity index (χ4v) is 3.97. The van der Waals surface area contributed by atoms with Crippen molar-refractivity contribution in [2.24, 2.45) is 5.92 Å². The van der Waals surface area contributed by atoms with E-state index in [4.69, 9.17) is 21.1 Å². The molecule has 7 heteroatoms. The molecular weight excluding hydrogens is 392 g/mol. The molecule has 2 amide bonds. The van der Waals surface area contributed by atoms with Gasteiger partial charge in [0.05, 0.1) is 10.6 Å². The summed E-state index contributed by atoms with van der Waals surface area (Å²) in [7, 11) is 0. The minimum absolute atomic E-state index is 0.0240. The molecule has 1 fully saturated rings. The van der Waals surface area contributed by atoms with Gasteiger partial charge in [0.25, 0.3) is 11.8 Å². The van der Waals surface area contributed by atoms with E-state index < -0.39 is 0 Å². The number of carbonyl (C=O) groups is 2. The lowest BCUT2D eigenvalue weighted by molar-refractivity contribution is 0.0670. The molecule has 0 aliphatic carbocycles. The van der Waals surface area contributed by atoms with E-state index in [1.165, 1.54) is 0 Å². The molecule has 1 N–H and O–H groups in total. The van der Waals surface area contributed by atoms with Crippen LogP contribution in [-0.4, -0.2) is 49.6 Å². The molecule has 2 aliphatic rings. The summed E-state index contributed by atoms with van der Waals surface area (Å²) in [5.74, 6) is 1.28. The fourth-order valence-electron chi connectivity index (χ4n) is 3.75. The summed E-state index contributed by atoms with van der Waals surface area (Å²) in [5, 5.41) is 3.39. The largest absolute Gasteiger partial charge is 0.486 e. The third kappa shape index (κ3) is 4.48. The predicted molar refractivity (Wildman–Crippen MR) is 110 cm³/mol. The van der Waals surface area contributed by atoms with E-state index in [-0.39, 0.29) is 17.7 Å². The zero-order valence-electron chi connectivity index (χ0n) is 16.0. The topological polar surface area (TPSA) is 67.9 Å². The Balaban J connectivity index is 1.36. The van der Waals surface area contributed by atoms with Crippen LogP contribution in [0.2, 0.25) is 5.02 Å². The number of likely N-dealkylation sites (tertiary alicyclic amines) is 1. The van der Waals surface area contributed by atoms with Crippen molar-refractivity contribution in [2.75, 3.05) is 32.8 Å². The number of piperidine rings is 1. The third-order valence-electron chi connectivity index (χ3n) is 5.27. The zero-order valence-corrected chi connectivity index (χ0v) is 16.8. The second-order valence-corrected chi connectivity index (χ2v) is 7.71. The Morgan fingerprint density at radius 1 is 1.10 bits per heavy atom. The molecule has 2 aliphatic heterocycles. The van der Waals surface area contributed by atoms with Gasteiger partial charge in [0, 0.05) is 25.2 Å². The number of hydrogen-bond donors (Lipinski definition) is 1. The highest BCUT2D eigenvalue weighted by Crippen LogP contribution is 2.31. The monoisotopic (exact) mass is 414 g/mol. The Bertz CT molecular complexity index is 917. The van der Waals surface area contributed by atoms with Gasteiger partial charge in [-0.2, -0.15) is 0 Å². The molecule has 0 radical (unpaired) electrons. The molecule has 152 valence electrons. The number of benzene rings is 2. The van der Waals surface area contributed by atoms with Gasteiger partial charge in [-0.15, -0.1) is 0 Å². The van der Waals surface area contributed by atoms with Gasteiger partial charge in [-0.3, -0.25) is 9.59 Å². The van der Waals surface area contributed by atoms with Crippen molar-refractivity contribution in [3.8, 4) is 11.5 Å². The number of hydrogen-bond acceptors (Lipinski definition) is 4. The number of fused-ring (bicyclic) bond motifs is 1. The lowest BCUT2D eigenvalue weighted by Gasteiger charge is -2.33. The van der Waals surface area contributed by atoms with E-state index in [0.29, 0.717) is 60.5 Å². The van der Waals surface area contributed by atoms with Gasteiger partial charge in [-0.1, -0.05) is 23.7 Å². The maximum Gasteiger partial charge on any atom is 0.254 e. The second-order valence-electron chi connectivity index (χ2n) is 7.31. The molecule has 0 spiro atoms. The van der Waals surface area contributed by atoms with Gasteiger partial charge >= 0.3 is 0 Å². The van der Waals surface area contributed by atoms with Gasteiger partial charge in [0.1, 0.15) is 13.2 Å². The number of nitrogens with zero attached hydrogens (tertiary/aromatic N) is 1. The molecule has 2 aromatic rings. The first-order chi connectivity index (χ1) is 14.1. The molecule has 0 aromatic heterocycles. The van der Waals surface area contributed by atoms with E-state index in [2.05, 4.69) is 5.32 Å². The summed E-state index contributed by atoms with van der Waals surface area (Å²) >= 11 is 6.09. The summed E-state index contributed by atoms with van der Waals surface area (Å²) in [6, 6.07) is 12.3. The molecule has 29 heavy (non-hydrogen) atoms. The highest BCUT2D eigenvalue weighted by molar-refractivity contribution is 6.33. The average molecular weight is 415 g/mol. The first kappa shape index (κ1) is 19.6. The quantitative estimate of drug-likeness (QED) is 0.832. The Morgan fingerprint density at radius 3 is 2.72 bits per heavy atom. The molecule has 2 heterocycles. The van der Waals surface area contributed by atoms with Crippen LogP contribution in [0.4, 0.5) is 0 Å². The highest BCUT2D eigenvalue weighted by Gasteiger charge is 2.26. The minimum atomic E-state index is -0.189. The van der Waals surface area contributed by atoms with Gasteiger partial charge < -0.3 is 19.7 Å². The normalized spacial score (nSPS) is 18.2. The van der Waals surface area contributed by atoms with Crippen LogP contribution in [0, 0.1) is 5.92 Å². The summed E-state index contributed by atoms with van der Waals surface area (Å²) < 4.78 is 11.1. The van der Waals surface area contributed by atoms with E-state index in [9.17, 15) is 9.59 Å². The molecule has 6 nitrogen and oxygen atoms in total. The van der Waals surface area contributed by atoms with Crippen molar-refractivity contribution in [3.63, 3.8) is 0 Å². The second kappa shape index (κ2) is 8.74. The van der Waals surface area contributed by atoms with E-state index in [0.717, 1.165) is 12.8 Å². The predicted octanol–water partition coefficient (Wildman–Crippen LogP) is 3.39. The number of nitrogens with one attached hydrogen (secondary N) is 1. The standard InChI is InChI=1S/C22H23ClN2O4/c23-18-6-2-1-5-17(18)21(26)24-13-15-4-3-9-25(14-15)22(27)16-7-8-19-20(12-16)29-11-10-28-19/h1-2,5-8,12,15H,3-4,9-11,13-14H2,(H,24,26)/t15-/m0/s1. The van der Waals surface area contributed by atoms with Crippen LogP contribution in [0.3, 0.4) is 0 Å². The van der Waals surface area contributed by atoms with Gasteiger partial charge in [0.15, 0.2) is 11.5 Å². The Kier molecular flexibility index (Phi) is 5.90. The number of halogens is 1. The molecule has 0 bridgehead atoms. The molecule has 4 rings (SSSR count). The fraction of sp³-hybridized carbons (Fsp3) is 0.364. The first-order valence-electron chi connectivity index (χ1n) is 9.83. The lowest BCUT2D eigenvalue weighted by atomic mass is 9.97. The molecule has 1 saturated heterocycles. The van der Waals surface area contributed by atoms with Gasteiger partial charge in [0.2, 0.25) is 0 Å². The zero-order chi connectivity index (χ0) is 20.2. The van der Waals surface area contributed by atoms with Crippen LogP contribution >= 0.6 is 11.6 Å². The van der Waals surface area contributed by atoms with Crippen LogP contribution in [0.25, 0.3) is 0 Å². The number of carbonyl (C=O) groups excluding carboxylic acids is 2. The summed E-state index contributed by atoms with van der Waals surface area (Å²) in [6.07, 6.45) is 1.87. The summed E-state index contributed by atoms with van der Waals surface area (Å²) in [6.45, 7) is 2.84. The SMILES string of the molecule is O=C(NC[C@@H]1CCCN(C(=O)c2ccc3c(c2)OCCO3)C1)c1ccccc1Cl. The smallest absolute Gasteiger partial charge is 0.254 e. The molecular formula is C22H23ClN2O4. The van der Waals surface area contributed by atoms with Crippen LogP contribution in [0.15, 0.2) is 42.5 Å². The number of ether oxygens (including phenoxy) is 2. The van der Waals surface area contributed by atoms with Gasteiger partial charge in [-0.05, 0) is 49.1 Å². The van der Waals surface area contributed by atoms with E-state index in [1.807, 2.05) is 4.90 Å². The number of amides is 2. The van der Waals surface area contributed by atoms with E-state index in [1.54, 1.807) is 42.5 Å². The van der Waals surface area contributed by atoms with Crippen LogP contribution in [0.1, 0.15) is 33.6 Å². The van der Waals surface area contributed by atoms with Crippen molar-refractivity contribution in [2.45, 2.75) is 12.8 Å². The summed E-state index contributed by atoms with van der Waals surface area (Å²) in [5.41, 5.74) is 1.06. The van der Waals surface area contributed by atoms with Crippen molar-refractivity contribution in [1.82, 2.24) is 10.2 Å². The maximum absolute atomic E-state index is 13.0. The molecule has 0 unspecified atom stereocenters. The van der Waals surface area contributed by atoms with Crippen LogP contribution in [0.5, 0.6) is 11.5 Å². The van der Waals surface area contributed by atoms with Crippen molar-refractivity contribution < 1.29 is 19.1 Å². The number of rotatable bonds is 4. The van der Waals surface area contributed by atoms with Crippen molar-refractivity contribution in [3.05, 3.63) is 58.6 Å². The van der Waals surface area contributed by atoms with E-state index >= 15 is 0 Å². The Labute approximate surface area is 174 Å². The maximum atomic E-state index is 13.0. The molecule has 0 saturated carbocycles. The Morgan fingerprint density at radius 2 is 1.90 bits per heavy atom.